The van der Waals surface area contributed by atoms with Gasteiger partial charge in [0.05, 0.1) is 5.69 Å². The zero-order valence-electron chi connectivity index (χ0n) is 9.83. The van der Waals surface area contributed by atoms with Crippen molar-refractivity contribution in [2.75, 3.05) is 6.61 Å². The van der Waals surface area contributed by atoms with E-state index in [1.54, 1.807) is 11.3 Å². The molecule has 1 saturated carbocycles. The summed E-state index contributed by atoms with van der Waals surface area (Å²) in [6.45, 7) is 0.550. The Kier molecular flexibility index (Phi) is 2.30. The summed E-state index contributed by atoms with van der Waals surface area (Å²) in [5.74, 6) is 2.34. The van der Waals surface area contributed by atoms with Crippen LogP contribution in [0.4, 0.5) is 0 Å². The second-order valence-corrected chi connectivity index (χ2v) is 5.64. The molecular weight excluding hydrogens is 246 g/mol. The highest BCUT2D eigenvalue weighted by Crippen LogP contribution is 2.42. The van der Waals surface area contributed by atoms with Gasteiger partial charge in [-0.25, -0.2) is 4.98 Å². The predicted molar refractivity (Wildman–Crippen MR) is 69.4 cm³/mol. The van der Waals surface area contributed by atoms with Crippen LogP contribution in [0.15, 0.2) is 29.6 Å². The Hall–Kier alpha value is -1.55. The fraction of sp³-hybridized carbons (Fsp3) is 0.357. The van der Waals surface area contributed by atoms with Crippen molar-refractivity contribution in [1.29, 1.82) is 0 Å². The molecule has 2 heterocycles. The van der Waals surface area contributed by atoms with E-state index in [1.165, 1.54) is 18.5 Å². The number of rotatable bonds is 2. The largest absolute Gasteiger partial charge is 0.485 e. The molecule has 4 rings (SSSR count). The number of hydrogen-bond donors (Lipinski definition) is 0. The van der Waals surface area contributed by atoms with Gasteiger partial charge in [0.2, 0.25) is 0 Å². The molecule has 18 heavy (non-hydrogen) atoms. The van der Waals surface area contributed by atoms with Crippen LogP contribution in [-0.4, -0.2) is 11.6 Å². The molecule has 2 aromatic rings. The van der Waals surface area contributed by atoms with E-state index in [0.717, 1.165) is 16.5 Å². The van der Waals surface area contributed by atoms with E-state index in [2.05, 4.69) is 10.4 Å². The third-order valence-electron chi connectivity index (χ3n) is 3.32. The van der Waals surface area contributed by atoms with E-state index < -0.39 is 0 Å². The van der Waals surface area contributed by atoms with Crippen LogP contribution in [0.3, 0.4) is 0 Å². The average Bonchev–Trinajstić information content (AvgIpc) is 3.16. The molecule has 1 aromatic carbocycles. The molecule has 4 heteroatoms. The Morgan fingerprint density at radius 3 is 2.83 bits per heavy atom. The average molecular weight is 259 g/mol. The number of hydrogen-bond acceptors (Lipinski definition) is 4. The van der Waals surface area contributed by atoms with Gasteiger partial charge in [-0.15, -0.1) is 11.3 Å². The summed E-state index contributed by atoms with van der Waals surface area (Å²) in [5.41, 5.74) is 1.23. The van der Waals surface area contributed by atoms with Crippen LogP contribution in [0.1, 0.15) is 35.6 Å². The molecule has 0 radical (unpaired) electrons. The molecule has 0 bridgehead atoms. The third kappa shape index (κ3) is 1.77. The topological polar surface area (TPSA) is 31.4 Å². The second-order valence-electron chi connectivity index (χ2n) is 4.75. The van der Waals surface area contributed by atoms with Gasteiger partial charge in [-0.1, -0.05) is 12.1 Å². The molecule has 2 aliphatic rings. The first kappa shape index (κ1) is 10.4. The standard InChI is InChI=1S/C14H13NO2S/c1-2-4-12-11(3-1)16-7-13(17-12)14-15-10(8-18-14)9-5-6-9/h1-4,8-9,13H,5-7H2. The summed E-state index contributed by atoms with van der Waals surface area (Å²) in [6, 6.07) is 7.79. The molecule has 0 spiro atoms. The van der Waals surface area contributed by atoms with Crippen molar-refractivity contribution in [3.63, 3.8) is 0 Å². The van der Waals surface area contributed by atoms with Crippen molar-refractivity contribution in [2.24, 2.45) is 0 Å². The monoisotopic (exact) mass is 259 g/mol. The van der Waals surface area contributed by atoms with Gasteiger partial charge in [0.1, 0.15) is 11.6 Å². The first-order valence-corrected chi connectivity index (χ1v) is 7.12. The maximum atomic E-state index is 5.95. The van der Waals surface area contributed by atoms with E-state index in [4.69, 9.17) is 9.47 Å². The Morgan fingerprint density at radius 2 is 2.00 bits per heavy atom. The minimum atomic E-state index is -0.0580. The van der Waals surface area contributed by atoms with Gasteiger partial charge in [-0.3, -0.25) is 0 Å². The van der Waals surface area contributed by atoms with E-state index in [9.17, 15) is 0 Å². The molecule has 1 aliphatic carbocycles. The van der Waals surface area contributed by atoms with Gasteiger partial charge in [0.25, 0.3) is 0 Å². The van der Waals surface area contributed by atoms with E-state index in [-0.39, 0.29) is 6.10 Å². The van der Waals surface area contributed by atoms with Crippen LogP contribution in [0.5, 0.6) is 11.5 Å². The molecule has 0 amide bonds. The number of nitrogens with zero attached hydrogens (tertiary/aromatic N) is 1. The van der Waals surface area contributed by atoms with Crippen LogP contribution in [0.25, 0.3) is 0 Å². The Balaban J connectivity index is 1.59. The lowest BCUT2D eigenvalue weighted by Gasteiger charge is -2.24. The molecule has 92 valence electrons. The van der Waals surface area contributed by atoms with Crippen LogP contribution in [-0.2, 0) is 0 Å². The van der Waals surface area contributed by atoms with E-state index in [0.29, 0.717) is 12.5 Å². The summed E-state index contributed by atoms with van der Waals surface area (Å²) in [6.07, 6.45) is 2.51. The number of aromatic nitrogens is 1. The highest BCUT2D eigenvalue weighted by Gasteiger charge is 2.29. The van der Waals surface area contributed by atoms with Gasteiger partial charge >= 0.3 is 0 Å². The Labute approximate surface area is 109 Å². The summed E-state index contributed by atoms with van der Waals surface area (Å²) < 4.78 is 11.7. The second kappa shape index (κ2) is 3.99. The maximum absolute atomic E-state index is 5.95. The highest BCUT2D eigenvalue weighted by atomic mass is 32.1. The molecule has 3 nitrogen and oxygen atoms in total. The lowest BCUT2D eigenvalue weighted by Crippen LogP contribution is -2.21. The Morgan fingerprint density at radius 1 is 1.17 bits per heavy atom. The van der Waals surface area contributed by atoms with E-state index in [1.807, 2.05) is 24.3 Å². The van der Waals surface area contributed by atoms with Crippen molar-refractivity contribution in [3.8, 4) is 11.5 Å². The zero-order valence-corrected chi connectivity index (χ0v) is 10.7. The van der Waals surface area contributed by atoms with Crippen molar-refractivity contribution in [3.05, 3.63) is 40.3 Å². The van der Waals surface area contributed by atoms with Gasteiger partial charge < -0.3 is 9.47 Å². The number of benzene rings is 1. The molecule has 1 aliphatic heterocycles. The third-order valence-corrected chi connectivity index (χ3v) is 4.27. The van der Waals surface area contributed by atoms with Crippen molar-refractivity contribution in [1.82, 2.24) is 4.98 Å². The van der Waals surface area contributed by atoms with Crippen molar-refractivity contribution >= 4 is 11.3 Å². The summed E-state index contributed by atoms with van der Waals surface area (Å²) in [7, 11) is 0. The fourth-order valence-corrected chi connectivity index (χ4v) is 3.07. The van der Waals surface area contributed by atoms with Crippen LogP contribution in [0.2, 0.25) is 0 Å². The molecule has 1 aromatic heterocycles. The molecule has 1 fully saturated rings. The van der Waals surface area contributed by atoms with Crippen LogP contribution < -0.4 is 9.47 Å². The van der Waals surface area contributed by atoms with Gasteiger partial charge in [0, 0.05) is 11.3 Å². The molecule has 1 unspecified atom stereocenters. The minimum Gasteiger partial charge on any atom is -0.485 e. The number of ether oxygens (including phenoxy) is 2. The van der Waals surface area contributed by atoms with E-state index >= 15 is 0 Å². The van der Waals surface area contributed by atoms with Gasteiger partial charge in [0.15, 0.2) is 17.6 Å². The number of fused-ring (bicyclic) bond motifs is 1. The van der Waals surface area contributed by atoms with Crippen LogP contribution in [0, 0.1) is 0 Å². The molecule has 1 atom stereocenters. The minimum absolute atomic E-state index is 0.0580. The number of thiazole rings is 1. The highest BCUT2D eigenvalue weighted by molar-refractivity contribution is 7.09. The van der Waals surface area contributed by atoms with Crippen LogP contribution >= 0.6 is 11.3 Å². The quantitative estimate of drug-likeness (QED) is 0.826. The SMILES string of the molecule is c1ccc2c(c1)OCC(c1nc(C3CC3)cs1)O2. The predicted octanol–water partition coefficient (Wildman–Crippen LogP) is 3.53. The molecule has 0 N–H and O–H groups in total. The van der Waals surface area contributed by atoms with Gasteiger partial charge in [-0.05, 0) is 25.0 Å². The molecular formula is C14H13NO2S. The lowest BCUT2D eigenvalue weighted by molar-refractivity contribution is 0.0910. The zero-order chi connectivity index (χ0) is 11.9. The lowest BCUT2D eigenvalue weighted by atomic mass is 10.2. The summed E-state index contributed by atoms with van der Waals surface area (Å²) in [4.78, 5) is 4.68. The summed E-state index contributed by atoms with van der Waals surface area (Å²) >= 11 is 1.68. The first-order chi connectivity index (χ1) is 8.90. The van der Waals surface area contributed by atoms with Gasteiger partial charge in [-0.2, -0.15) is 0 Å². The summed E-state index contributed by atoms with van der Waals surface area (Å²) in [5, 5.41) is 3.20. The smallest absolute Gasteiger partial charge is 0.184 e. The normalized spacial score (nSPS) is 21.9. The van der Waals surface area contributed by atoms with Crippen molar-refractivity contribution < 1.29 is 9.47 Å². The molecule has 0 saturated heterocycles. The maximum Gasteiger partial charge on any atom is 0.184 e. The fourth-order valence-electron chi connectivity index (χ4n) is 2.16. The van der Waals surface area contributed by atoms with Crippen molar-refractivity contribution in [2.45, 2.75) is 24.9 Å². The Bertz CT molecular complexity index is 577. The number of para-hydroxylation sites is 2. The first-order valence-electron chi connectivity index (χ1n) is 6.24.